The predicted molar refractivity (Wildman–Crippen MR) is 75.0 cm³/mol. The second-order valence-corrected chi connectivity index (χ2v) is 5.53. The number of benzene rings is 1. The summed E-state index contributed by atoms with van der Waals surface area (Å²) in [7, 11) is 0. The summed E-state index contributed by atoms with van der Waals surface area (Å²) in [6.07, 6.45) is 1.09. The number of carbonyl (C=O) groups is 1. The molecule has 19 heavy (non-hydrogen) atoms. The number of nitrogens with one attached hydrogen (secondary N) is 1. The number of amides is 2. The Kier molecular flexibility index (Phi) is 3.42. The Morgan fingerprint density at radius 2 is 2.05 bits per heavy atom. The maximum Gasteiger partial charge on any atom is 0.320 e. The minimum atomic E-state index is 0.203. The minimum Gasteiger partial charge on any atom is -0.319 e. The van der Waals surface area contributed by atoms with E-state index in [1.807, 2.05) is 9.80 Å². The Morgan fingerprint density at radius 3 is 2.74 bits per heavy atom. The zero-order valence-electron chi connectivity index (χ0n) is 11.4. The van der Waals surface area contributed by atoms with Crippen LogP contribution in [0.3, 0.4) is 0 Å². The lowest BCUT2D eigenvalue weighted by molar-refractivity contribution is 0.178. The van der Waals surface area contributed by atoms with Crippen molar-refractivity contribution in [1.29, 1.82) is 0 Å². The van der Waals surface area contributed by atoms with E-state index in [-0.39, 0.29) is 6.03 Å². The average Bonchev–Trinajstić information content (AvgIpc) is 3.03. The number of nitrogens with zero attached hydrogens (tertiary/aromatic N) is 2. The fourth-order valence-corrected chi connectivity index (χ4v) is 2.91. The van der Waals surface area contributed by atoms with Gasteiger partial charge in [0.15, 0.2) is 0 Å². The van der Waals surface area contributed by atoms with Crippen molar-refractivity contribution in [2.75, 3.05) is 26.2 Å². The Hall–Kier alpha value is -1.55. The zero-order chi connectivity index (χ0) is 13.2. The molecule has 1 aromatic carbocycles. The van der Waals surface area contributed by atoms with Gasteiger partial charge >= 0.3 is 6.03 Å². The van der Waals surface area contributed by atoms with Crippen LogP contribution in [0.25, 0.3) is 0 Å². The highest BCUT2D eigenvalue weighted by molar-refractivity contribution is 5.77. The fourth-order valence-electron chi connectivity index (χ4n) is 2.91. The topological polar surface area (TPSA) is 35.6 Å². The van der Waals surface area contributed by atoms with Gasteiger partial charge in [-0.25, -0.2) is 4.79 Å². The van der Waals surface area contributed by atoms with E-state index in [2.05, 4.69) is 36.5 Å². The van der Waals surface area contributed by atoms with Gasteiger partial charge in [0.05, 0.1) is 0 Å². The first-order valence-corrected chi connectivity index (χ1v) is 7.06. The largest absolute Gasteiger partial charge is 0.320 e. The van der Waals surface area contributed by atoms with Crippen LogP contribution in [0.5, 0.6) is 0 Å². The lowest BCUT2D eigenvalue weighted by atomic mass is 10.1. The van der Waals surface area contributed by atoms with E-state index in [0.29, 0.717) is 6.04 Å². The molecule has 2 aliphatic heterocycles. The molecule has 2 saturated heterocycles. The van der Waals surface area contributed by atoms with Crippen molar-refractivity contribution >= 4 is 6.03 Å². The lowest BCUT2D eigenvalue weighted by Crippen LogP contribution is -2.40. The molecule has 2 aliphatic rings. The van der Waals surface area contributed by atoms with Crippen molar-refractivity contribution in [2.45, 2.75) is 25.9 Å². The van der Waals surface area contributed by atoms with Gasteiger partial charge in [0.1, 0.15) is 0 Å². The summed E-state index contributed by atoms with van der Waals surface area (Å²) in [5.41, 5.74) is 2.47. The molecule has 1 aromatic rings. The SMILES string of the molecule is Cc1ccc(CN2CCN([C@@H]3CCNC3)C2=O)cc1. The maximum absolute atomic E-state index is 12.4. The van der Waals surface area contributed by atoms with Crippen LogP contribution in [-0.2, 0) is 6.54 Å². The van der Waals surface area contributed by atoms with Gasteiger partial charge < -0.3 is 15.1 Å². The molecule has 2 amide bonds. The third-order valence-electron chi connectivity index (χ3n) is 4.10. The molecule has 0 unspecified atom stereocenters. The van der Waals surface area contributed by atoms with Gasteiger partial charge in [-0.15, -0.1) is 0 Å². The lowest BCUT2D eigenvalue weighted by Gasteiger charge is -2.23. The van der Waals surface area contributed by atoms with Crippen LogP contribution in [0.2, 0.25) is 0 Å². The average molecular weight is 259 g/mol. The molecular formula is C15H21N3O. The van der Waals surface area contributed by atoms with Gasteiger partial charge in [-0.1, -0.05) is 29.8 Å². The molecule has 2 heterocycles. The first kappa shape index (κ1) is 12.5. The molecule has 4 nitrogen and oxygen atoms in total. The van der Waals surface area contributed by atoms with Crippen molar-refractivity contribution < 1.29 is 4.79 Å². The number of aryl methyl sites for hydroxylation is 1. The van der Waals surface area contributed by atoms with Gasteiger partial charge in [0.2, 0.25) is 0 Å². The van der Waals surface area contributed by atoms with Crippen LogP contribution in [0, 0.1) is 6.92 Å². The summed E-state index contributed by atoms with van der Waals surface area (Å²) in [5.74, 6) is 0. The van der Waals surface area contributed by atoms with Crippen molar-refractivity contribution in [3.63, 3.8) is 0 Å². The van der Waals surface area contributed by atoms with Gasteiger partial charge in [0.25, 0.3) is 0 Å². The van der Waals surface area contributed by atoms with Crippen LogP contribution in [-0.4, -0.2) is 48.1 Å². The minimum absolute atomic E-state index is 0.203. The van der Waals surface area contributed by atoms with Gasteiger partial charge in [-0.3, -0.25) is 0 Å². The monoisotopic (exact) mass is 259 g/mol. The summed E-state index contributed by atoms with van der Waals surface area (Å²) in [6, 6.07) is 9.04. The number of rotatable bonds is 3. The normalized spacial score (nSPS) is 23.4. The van der Waals surface area contributed by atoms with E-state index >= 15 is 0 Å². The molecule has 3 rings (SSSR count). The molecule has 1 N–H and O–H groups in total. The summed E-state index contributed by atoms with van der Waals surface area (Å²) in [5, 5.41) is 3.33. The van der Waals surface area contributed by atoms with Crippen LogP contribution in [0.4, 0.5) is 4.79 Å². The highest BCUT2D eigenvalue weighted by Crippen LogP contribution is 2.19. The molecule has 0 radical (unpaired) electrons. The fraction of sp³-hybridized carbons (Fsp3) is 0.533. The summed E-state index contributed by atoms with van der Waals surface area (Å²) >= 11 is 0. The second kappa shape index (κ2) is 5.21. The Balaban J connectivity index is 1.63. The van der Waals surface area contributed by atoms with Gasteiger partial charge in [-0.05, 0) is 25.5 Å². The molecule has 0 bridgehead atoms. The number of urea groups is 1. The Morgan fingerprint density at radius 1 is 1.26 bits per heavy atom. The smallest absolute Gasteiger partial charge is 0.319 e. The molecular weight excluding hydrogens is 238 g/mol. The summed E-state index contributed by atoms with van der Waals surface area (Å²) in [6.45, 7) is 6.52. The predicted octanol–water partition coefficient (Wildman–Crippen LogP) is 1.59. The molecule has 2 fully saturated rings. The quantitative estimate of drug-likeness (QED) is 0.895. The highest BCUT2D eigenvalue weighted by Gasteiger charge is 2.34. The molecule has 4 heteroatoms. The van der Waals surface area contributed by atoms with E-state index in [0.717, 1.165) is 39.1 Å². The zero-order valence-corrected chi connectivity index (χ0v) is 11.4. The van der Waals surface area contributed by atoms with E-state index in [9.17, 15) is 4.79 Å². The third-order valence-corrected chi connectivity index (χ3v) is 4.10. The molecule has 102 valence electrons. The van der Waals surface area contributed by atoms with E-state index in [1.165, 1.54) is 11.1 Å². The van der Waals surface area contributed by atoms with Crippen LogP contribution in [0.1, 0.15) is 17.5 Å². The van der Waals surface area contributed by atoms with Crippen LogP contribution in [0.15, 0.2) is 24.3 Å². The van der Waals surface area contributed by atoms with Crippen molar-refractivity contribution in [3.05, 3.63) is 35.4 Å². The first-order chi connectivity index (χ1) is 9.24. The number of carbonyl (C=O) groups excluding carboxylic acids is 1. The van der Waals surface area contributed by atoms with E-state index in [1.54, 1.807) is 0 Å². The maximum atomic E-state index is 12.4. The summed E-state index contributed by atoms with van der Waals surface area (Å²) < 4.78 is 0. The molecule has 0 saturated carbocycles. The Bertz CT molecular complexity index is 451. The Labute approximate surface area is 114 Å². The standard InChI is InChI=1S/C15H21N3O/c1-12-2-4-13(5-3-12)11-17-8-9-18(15(17)19)14-6-7-16-10-14/h2-5,14,16H,6-11H2,1H3/t14-/m1/s1. The molecule has 0 spiro atoms. The second-order valence-electron chi connectivity index (χ2n) is 5.53. The van der Waals surface area contributed by atoms with Crippen LogP contribution >= 0.6 is 0 Å². The number of hydrogen-bond acceptors (Lipinski definition) is 2. The van der Waals surface area contributed by atoms with Crippen molar-refractivity contribution in [3.8, 4) is 0 Å². The summed E-state index contributed by atoms with van der Waals surface area (Å²) in [4.78, 5) is 16.4. The first-order valence-electron chi connectivity index (χ1n) is 7.06. The molecule has 0 aliphatic carbocycles. The van der Waals surface area contributed by atoms with Gasteiger partial charge in [0, 0.05) is 32.2 Å². The van der Waals surface area contributed by atoms with Crippen molar-refractivity contribution in [1.82, 2.24) is 15.1 Å². The highest BCUT2D eigenvalue weighted by atomic mass is 16.2. The third kappa shape index (κ3) is 2.59. The van der Waals surface area contributed by atoms with Gasteiger partial charge in [-0.2, -0.15) is 0 Å². The molecule has 1 atom stereocenters. The van der Waals surface area contributed by atoms with E-state index in [4.69, 9.17) is 0 Å². The van der Waals surface area contributed by atoms with E-state index < -0.39 is 0 Å². The number of hydrogen-bond donors (Lipinski definition) is 1. The molecule has 0 aromatic heterocycles. The van der Waals surface area contributed by atoms with Crippen LogP contribution < -0.4 is 5.32 Å². The van der Waals surface area contributed by atoms with Crippen molar-refractivity contribution in [2.24, 2.45) is 0 Å².